The third-order valence-corrected chi connectivity index (χ3v) is 4.54. The molecule has 0 spiro atoms. The predicted octanol–water partition coefficient (Wildman–Crippen LogP) is 0.864. The maximum absolute atomic E-state index is 11.2. The molecule has 13 heavy (non-hydrogen) atoms. The van der Waals surface area contributed by atoms with Gasteiger partial charge in [-0.25, -0.2) is 0 Å². The van der Waals surface area contributed by atoms with Crippen molar-refractivity contribution in [2.75, 3.05) is 18.6 Å². The van der Waals surface area contributed by atoms with Crippen molar-refractivity contribution in [1.29, 1.82) is 0 Å². The van der Waals surface area contributed by atoms with E-state index in [-0.39, 0.29) is 11.9 Å². The number of nitrogens with one attached hydrogen (secondary N) is 2. The van der Waals surface area contributed by atoms with E-state index in [2.05, 4.69) is 10.6 Å². The van der Waals surface area contributed by atoms with Gasteiger partial charge in [0, 0.05) is 24.6 Å². The van der Waals surface area contributed by atoms with E-state index >= 15 is 0 Å². The highest BCUT2D eigenvalue weighted by molar-refractivity contribution is 8.76. The summed E-state index contributed by atoms with van der Waals surface area (Å²) in [7, 11) is 5.48. The molecule has 0 aromatic carbocycles. The zero-order chi connectivity index (χ0) is 9.68. The first-order valence-corrected chi connectivity index (χ1v) is 6.95. The lowest BCUT2D eigenvalue weighted by Crippen LogP contribution is -2.47. The summed E-state index contributed by atoms with van der Waals surface area (Å²) in [6.45, 7) is 1.91. The topological polar surface area (TPSA) is 41.1 Å². The van der Waals surface area contributed by atoms with E-state index < -0.39 is 0 Å². The minimum Gasteiger partial charge on any atom is -0.358 e. The molecule has 1 rings (SSSR count). The monoisotopic (exact) mass is 220 g/mol. The Morgan fingerprint density at radius 1 is 1.54 bits per heavy atom. The van der Waals surface area contributed by atoms with E-state index in [1.807, 2.05) is 28.5 Å². The zero-order valence-corrected chi connectivity index (χ0v) is 9.63. The van der Waals surface area contributed by atoms with Crippen molar-refractivity contribution in [3.05, 3.63) is 0 Å². The molecule has 0 aromatic rings. The minimum atomic E-state index is -0.0706. The van der Waals surface area contributed by atoms with Crippen molar-refractivity contribution >= 4 is 27.5 Å². The first-order valence-electron chi connectivity index (χ1n) is 4.46. The summed E-state index contributed by atoms with van der Waals surface area (Å²) in [4.78, 5) is 11.2. The Morgan fingerprint density at radius 3 is 2.85 bits per heavy atom. The molecule has 0 bridgehead atoms. The van der Waals surface area contributed by atoms with Crippen LogP contribution in [0.3, 0.4) is 0 Å². The lowest BCUT2D eigenvalue weighted by molar-refractivity contribution is -0.122. The van der Waals surface area contributed by atoms with E-state index in [0.717, 1.165) is 5.75 Å². The third-order valence-electron chi connectivity index (χ3n) is 2.03. The van der Waals surface area contributed by atoms with Gasteiger partial charge in [-0.1, -0.05) is 21.6 Å². The Kier molecular flexibility index (Phi) is 4.98. The Bertz CT molecular complexity index is 172. The molecule has 2 atom stereocenters. The number of carbonyl (C=O) groups excluding carboxylic acids is 1. The molecule has 0 radical (unpaired) electrons. The van der Waals surface area contributed by atoms with Gasteiger partial charge in [-0.15, -0.1) is 0 Å². The van der Waals surface area contributed by atoms with Crippen LogP contribution < -0.4 is 10.6 Å². The molecule has 5 heteroatoms. The van der Waals surface area contributed by atoms with Crippen LogP contribution in [-0.2, 0) is 4.79 Å². The third kappa shape index (κ3) is 3.79. The molecule has 0 saturated carbocycles. The normalized spacial score (nSPS) is 25.2. The van der Waals surface area contributed by atoms with Crippen LogP contribution in [0.5, 0.6) is 0 Å². The van der Waals surface area contributed by atoms with Crippen LogP contribution in [0.2, 0.25) is 0 Å². The second-order valence-electron chi connectivity index (χ2n) is 3.09. The van der Waals surface area contributed by atoms with Gasteiger partial charge in [0.15, 0.2) is 0 Å². The van der Waals surface area contributed by atoms with E-state index in [9.17, 15) is 4.79 Å². The van der Waals surface area contributed by atoms with Gasteiger partial charge in [-0.3, -0.25) is 4.79 Å². The second-order valence-corrected chi connectivity index (χ2v) is 5.72. The molecule has 0 aliphatic carbocycles. The fraction of sp³-hybridized carbons (Fsp3) is 0.875. The molecule has 3 nitrogen and oxygen atoms in total. The van der Waals surface area contributed by atoms with Gasteiger partial charge in [0.1, 0.15) is 0 Å². The zero-order valence-electron chi connectivity index (χ0n) is 8.00. The van der Waals surface area contributed by atoms with Crippen LogP contribution in [0.25, 0.3) is 0 Å². The Labute approximate surface area is 87.2 Å². The molecular formula is C8H16N2OS2. The average Bonchev–Trinajstić information content (AvgIpc) is 2.18. The van der Waals surface area contributed by atoms with E-state index in [1.54, 1.807) is 7.05 Å². The number of carbonyl (C=O) groups is 1. The summed E-state index contributed by atoms with van der Waals surface area (Å²) >= 11 is 0. The second kappa shape index (κ2) is 5.78. The standard InChI is InChI=1S/C8H16N2OS2/c1-6(8(11)9-2)10-7-3-4-12-13-5-7/h6-7,10H,3-5H2,1-2H3,(H,9,11). The van der Waals surface area contributed by atoms with Crippen LogP contribution >= 0.6 is 21.6 Å². The van der Waals surface area contributed by atoms with Gasteiger partial charge < -0.3 is 10.6 Å². The van der Waals surface area contributed by atoms with Crippen molar-refractivity contribution in [2.45, 2.75) is 25.4 Å². The predicted molar refractivity (Wildman–Crippen MR) is 60.0 cm³/mol. The van der Waals surface area contributed by atoms with Crippen LogP contribution in [0.4, 0.5) is 0 Å². The maximum atomic E-state index is 11.2. The van der Waals surface area contributed by atoms with E-state index in [4.69, 9.17) is 0 Å². The number of amides is 1. The van der Waals surface area contributed by atoms with Crippen LogP contribution in [0, 0.1) is 0 Å². The molecule has 0 aromatic heterocycles. The highest BCUT2D eigenvalue weighted by Crippen LogP contribution is 2.29. The largest absolute Gasteiger partial charge is 0.358 e. The molecule has 2 unspecified atom stereocenters. The molecule has 1 fully saturated rings. The number of rotatable bonds is 3. The van der Waals surface area contributed by atoms with Crippen molar-refractivity contribution in [2.24, 2.45) is 0 Å². The average molecular weight is 220 g/mol. The fourth-order valence-corrected chi connectivity index (χ4v) is 3.69. The van der Waals surface area contributed by atoms with Gasteiger partial charge >= 0.3 is 0 Å². The summed E-state index contributed by atoms with van der Waals surface area (Å²) in [6.07, 6.45) is 1.17. The smallest absolute Gasteiger partial charge is 0.236 e. The molecule has 1 amide bonds. The molecular weight excluding hydrogens is 204 g/mol. The van der Waals surface area contributed by atoms with E-state index in [0.29, 0.717) is 6.04 Å². The van der Waals surface area contributed by atoms with Gasteiger partial charge in [0.2, 0.25) is 5.91 Å². The summed E-state index contributed by atoms with van der Waals surface area (Å²) in [5.74, 6) is 2.36. The molecule has 76 valence electrons. The van der Waals surface area contributed by atoms with Gasteiger partial charge in [-0.05, 0) is 13.3 Å². The fourth-order valence-electron chi connectivity index (χ4n) is 1.24. The minimum absolute atomic E-state index is 0.0706. The highest BCUT2D eigenvalue weighted by atomic mass is 33.1. The maximum Gasteiger partial charge on any atom is 0.236 e. The van der Waals surface area contributed by atoms with Crippen molar-refractivity contribution in [1.82, 2.24) is 10.6 Å². The summed E-state index contributed by atoms with van der Waals surface area (Å²) in [5.41, 5.74) is 0. The lowest BCUT2D eigenvalue weighted by atomic mass is 10.2. The lowest BCUT2D eigenvalue weighted by Gasteiger charge is -2.24. The number of likely N-dealkylation sites (N-methyl/N-ethyl adjacent to an activating group) is 1. The van der Waals surface area contributed by atoms with Gasteiger partial charge in [0.05, 0.1) is 6.04 Å². The summed E-state index contributed by atoms with van der Waals surface area (Å²) < 4.78 is 0. The molecule has 1 aliphatic rings. The molecule has 2 N–H and O–H groups in total. The van der Waals surface area contributed by atoms with Crippen LogP contribution in [-0.4, -0.2) is 36.5 Å². The molecule has 1 aliphatic heterocycles. The van der Waals surface area contributed by atoms with E-state index in [1.165, 1.54) is 12.2 Å². The highest BCUT2D eigenvalue weighted by Gasteiger charge is 2.19. The Morgan fingerprint density at radius 2 is 2.31 bits per heavy atom. The Balaban J connectivity index is 2.25. The number of hydrogen-bond acceptors (Lipinski definition) is 4. The van der Waals surface area contributed by atoms with Gasteiger partial charge in [0.25, 0.3) is 0 Å². The SMILES string of the molecule is CNC(=O)C(C)NC1CCSSC1. The number of hydrogen-bond donors (Lipinski definition) is 2. The van der Waals surface area contributed by atoms with Crippen molar-refractivity contribution in [3.8, 4) is 0 Å². The summed E-state index contributed by atoms with van der Waals surface area (Å²) in [5, 5.41) is 5.96. The first-order chi connectivity index (χ1) is 6.24. The molecule has 1 heterocycles. The van der Waals surface area contributed by atoms with Crippen LogP contribution in [0.1, 0.15) is 13.3 Å². The Hall–Kier alpha value is 0.130. The van der Waals surface area contributed by atoms with Crippen molar-refractivity contribution in [3.63, 3.8) is 0 Å². The molecule has 1 saturated heterocycles. The van der Waals surface area contributed by atoms with Gasteiger partial charge in [-0.2, -0.15) is 0 Å². The quantitative estimate of drug-likeness (QED) is 0.692. The summed E-state index contributed by atoms with van der Waals surface area (Å²) in [6, 6.07) is 0.428. The van der Waals surface area contributed by atoms with Crippen LogP contribution in [0.15, 0.2) is 0 Å². The van der Waals surface area contributed by atoms with Crippen molar-refractivity contribution < 1.29 is 4.79 Å². The first kappa shape index (κ1) is 11.2.